The van der Waals surface area contributed by atoms with Crippen LogP contribution in [0, 0.1) is 0 Å². The Bertz CT molecular complexity index is 985. The van der Waals surface area contributed by atoms with Crippen molar-refractivity contribution in [2.75, 3.05) is 36.4 Å². The molecule has 0 radical (unpaired) electrons. The molecule has 2 aromatic heterocycles. The summed E-state index contributed by atoms with van der Waals surface area (Å²) in [5.74, 6) is -2.88. The Morgan fingerprint density at radius 1 is 1.16 bits per heavy atom. The van der Waals surface area contributed by atoms with E-state index in [4.69, 9.17) is 0 Å². The van der Waals surface area contributed by atoms with Crippen LogP contribution >= 0.6 is 0 Å². The highest BCUT2D eigenvalue weighted by atomic mass is 19.4. The molecule has 0 bridgehead atoms. The molecular formula is C20H21F5N6O. The molecule has 2 fully saturated rings. The third-order valence-corrected chi connectivity index (χ3v) is 5.55. The number of nitrogens with zero attached hydrogens (tertiary/aromatic N) is 5. The van der Waals surface area contributed by atoms with E-state index in [2.05, 4.69) is 20.3 Å². The van der Waals surface area contributed by atoms with Crippen LogP contribution in [0.4, 0.5) is 39.5 Å². The molecule has 1 atom stereocenters. The van der Waals surface area contributed by atoms with Crippen LogP contribution in [0.25, 0.3) is 0 Å². The Balaban J connectivity index is 1.66. The molecule has 1 N–H and O–H groups in total. The van der Waals surface area contributed by atoms with Crippen LogP contribution in [0.3, 0.4) is 0 Å². The van der Waals surface area contributed by atoms with Gasteiger partial charge in [0.1, 0.15) is 11.6 Å². The molecule has 7 nitrogen and oxygen atoms in total. The summed E-state index contributed by atoms with van der Waals surface area (Å²) < 4.78 is 66.6. The molecule has 1 unspecified atom stereocenters. The van der Waals surface area contributed by atoms with Crippen molar-refractivity contribution < 1.29 is 26.7 Å². The fourth-order valence-electron chi connectivity index (χ4n) is 3.92. The lowest BCUT2D eigenvalue weighted by Gasteiger charge is -2.30. The average molecular weight is 456 g/mol. The molecule has 12 heteroatoms. The standard InChI is InChI=1S/C20H21F5N6O/c21-19(22)4-7-31(11-19)18-27-15(13-2-1-6-30(10-13)12-32)9-17(29-18)28-16-8-14(3-5-26-16)20(23,24)25/h3,5,8-9,12-13H,1-2,4,6-7,10-11H2,(H,26,27,28,29). The molecule has 0 spiro atoms. The van der Waals surface area contributed by atoms with Crippen LogP contribution in [0.2, 0.25) is 0 Å². The number of halogens is 5. The van der Waals surface area contributed by atoms with Gasteiger partial charge in [0.15, 0.2) is 0 Å². The number of nitrogens with one attached hydrogen (secondary N) is 1. The van der Waals surface area contributed by atoms with E-state index >= 15 is 0 Å². The van der Waals surface area contributed by atoms with Gasteiger partial charge in [-0.25, -0.2) is 18.7 Å². The van der Waals surface area contributed by atoms with E-state index in [1.54, 1.807) is 11.0 Å². The minimum atomic E-state index is -4.54. The number of alkyl halides is 5. The average Bonchev–Trinajstić information content (AvgIpc) is 3.13. The van der Waals surface area contributed by atoms with Crippen molar-refractivity contribution in [3.05, 3.63) is 35.7 Å². The Hall–Kier alpha value is -3.05. The Kier molecular flexibility index (Phi) is 5.87. The van der Waals surface area contributed by atoms with Gasteiger partial charge in [0, 0.05) is 44.2 Å². The van der Waals surface area contributed by atoms with Crippen LogP contribution in [-0.4, -0.2) is 58.4 Å². The van der Waals surface area contributed by atoms with Crippen LogP contribution in [0.15, 0.2) is 24.4 Å². The number of likely N-dealkylation sites (tertiary alicyclic amines) is 1. The van der Waals surface area contributed by atoms with Gasteiger partial charge in [0.25, 0.3) is 5.92 Å². The number of amides is 1. The van der Waals surface area contributed by atoms with Crippen LogP contribution in [0.1, 0.15) is 36.4 Å². The molecule has 172 valence electrons. The maximum Gasteiger partial charge on any atom is 0.416 e. The highest BCUT2D eigenvalue weighted by molar-refractivity contribution is 5.56. The Morgan fingerprint density at radius 2 is 1.97 bits per heavy atom. The van der Waals surface area contributed by atoms with Crippen molar-refractivity contribution in [2.24, 2.45) is 0 Å². The molecule has 2 aliphatic heterocycles. The molecule has 32 heavy (non-hydrogen) atoms. The number of hydrogen-bond acceptors (Lipinski definition) is 6. The van der Waals surface area contributed by atoms with Gasteiger partial charge < -0.3 is 15.1 Å². The van der Waals surface area contributed by atoms with E-state index in [0.29, 0.717) is 18.8 Å². The summed E-state index contributed by atoms with van der Waals surface area (Å²) in [7, 11) is 0. The first-order chi connectivity index (χ1) is 15.1. The molecule has 0 saturated carbocycles. The molecule has 2 saturated heterocycles. The summed E-state index contributed by atoms with van der Waals surface area (Å²) in [4.78, 5) is 26.8. The maximum atomic E-state index is 13.8. The first-order valence-corrected chi connectivity index (χ1v) is 10.1. The first kappa shape index (κ1) is 22.2. The smallest absolute Gasteiger partial charge is 0.345 e. The van der Waals surface area contributed by atoms with Crippen LogP contribution in [-0.2, 0) is 11.0 Å². The second-order valence-electron chi connectivity index (χ2n) is 8.00. The summed E-state index contributed by atoms with van der Waals surface area (Å²) in [6.45, 7) is 0.554. The number of rotatable bonds is 5. The Morgan fingerprint density at radius 3 is 2.66 bits per heavy atom. The van der Waals surface area contributed by atoms with Gasteiger partial charge in [-0.15, -0.1) is 0 Å². The lowest BCUT2D eigenvalue weighted by Crippen LogP contribution is -2.34. The number of hydrogen-bond donors (Lipinski definition) is 1. The van der Waals surface area contributed by atoms with Gasteiger partial charge in [-0.3, -0.25) is 4.79 Å². The normalized spacial score (nSPS) is 21.0. The third kappa shape index (κ3) is 5.05. The number of anilines is 3. The molecule has 0 aromatic carbocycles. The zero-order chi connectivity index (χ0) is 22.9. The SMILES string of the molecule is O=CN1CCCC(c2cc(Nc3cc(C(F)(F)F)ccn3)nc(N3CCC(F)(F)C3)n2)C1. The topological polar surface area (TPSA) is 74.2 Å². The number of aromatic nitrogens is 3. The van der Waals surface area contributed by atoms with Gasteiger partial charge in [0.05, 0.1) is 17.8 Å². The summed E-state index contributed by atoms with van der Waals surface area (Å²) >= 11 is 0. The fourth-order valence-corrected chi connectivity index (χ4v) is 3.92. The number of piperidine rings is 1. The summed E-state index contributed by atoms with van der Waals surface area (Å²) in [5.41, 5.74) is -0.344. The van der Waals surface area contributed by atoms with Crippen molar-refractivity contribution in [3.63, 3.8) is 0 Å². The van der Waals surface area contributed by atoms with Crippen molar-refractivity contribution in [3.8, 4) is 0 Å². The third-order valence-electron chi connectivity index (χ3n) is 5.55. The second kappa shape index (κ2) is 8.47. The molecule has 1 amide bonds. The predicted octanol–water partition coefficient (Wildman–Crippen LogP) is 3.82. The highest BCUT2D eigenvalue weighted by Crippen LogP contribution is 2.34. The maximum absolute atomic E-state index is 13.8. The number of carbonyl (C=O) groups excluding carboxylic acids is 1. The minimum Gasteiger partial charge on any atom is -0.345 e. The number of carbonyl (C=O) groups is 1. The quantitative estimate of drug-likeness (QED) is 0.545. The zero-order valence-corrected chi connectivity index (χ0v) is 16.9. The van der Waals surface area contributed by atoms with Crippen molar-refractivity contribution in [1.29, 1.82) is 0 Å². The monoisotopic (exact) mass is 456 g/mol. The molecule has 0 aliphatic carbocycles. The molecular weight excluding hydrogens is 435 g/mol. The molecule has 4 heterocycles. The first-order valence-electron chi connectivity index (χ1n) is 10.1. The van der Waals surface area contributed by atoms with Gasteiger partial charge >= 0.3 is 6.18 Å². The van der Waals surface area contributed by atoms with E-state index in [1.165, 1.54) is 4.90 Å². The summed E-state index contributed by atoms with van der Waals surface area (Å²) in [6.07, 6.45) is -1.61. The summed E-state index contributed by atoms with van der Waals surface area (Å²) in [5, 5.41) is 2.75. The van der Waals surface area contributed by atoms with Crippen LogP contribution < -0.4 is 10.2 Å². The lowest BCUT2D eigenvalue weighted by molar-refractivity contribution is -0.137. The van der Waals surface area contributed by atoms with E-state index in [9.17, 15) is 26.7 Å². The van der Waals surface area contributed by atoms with E-state index in [-0.39, 0.29) is 36.5 Å². The van der Waals surface area contributed by atoms with E-state index in [1.807, 2.05) is 0 Å². The van der Waals surface area contributed by atoms with Crippen molar-refractivity contribution >= 4 is 24.0 Å². The largest absolute Gasteiger partial charge is 0.416 e. The van der Waals surface area contributed by atoms with Gasteiger partial charge in [-0.2, -0.15) is 18.2 Å². The van der Waals surface area contributed by atoms with Gasteiger partial charge in [-0.1, -0.05) is 0 Å². The summed E-state index contributed by atoms with van der Waals surface area (Å²) in [6, 6.07) is 3.27. The van der Waals surface area contributed by atoms with Gasteiger partial charge in [-0.05, 0) is 25.0 Å². The zero-order valence-electron chi connectivity index (χ0n) is 16.9. The molecule has 2 aromatic rings. The highest BCUT2D eigenvalue weighted by Gasteiger charge is 2.39. The predicted molar refractivity (Wildman–Crippen MR) is 106 cm³/mol. The van der Waals surface area contributed by atoms with Crippen molar-refractivity contribution in [2.45, 2.75) is 37.3 Å². The number of pyridine rings is 1. The second-order valence-corrected chi connectivity index (χ2v) is 8.00. The fraction of sp³-hybridized carbons (Fsp3) is 0.500. The minimum absolute atomic E-state index is 0.0584. The van der Waals surface area contributed by atoms with Crippen molar-refractivity contribution in [1.82, 2.24) is 19.9 Å². The van der Waals surface area contributed by atoms with E-state index in [0.717, 1.165) is 37.6 Å². The molecule has 2 aliphatic rings. The molecule has 4 rings (SSSR count). The van der Waals surface area contributed by atoms with Gasteiger partial charge in [0.2, 0.25) is 12.4 Å². The van der Waals surface area contributed by atoms with Crippen LogP contribution in [0.5, 0.6) is 0 Å². The lowest BCUT2D eigenvalue weighted by atomic mass is 9.95. The van der Waals surface area contributed by atoms with E-state index < -0.39 is 24.2 Å². The Labute approximate surface area is 180 Å².